The lowest BCUT2D eigenvalue weighted by Crippen LogP contribution is -2.39. The Morgan fingerprint density at radius 1 is 1.25 bits per heavy atom. The van der Waals surface area contributed by atoms with Crippen LogP contribution in [-0.2, 0) is 6.54 Å². The molecule has 3 rings (SSSR count). The number of benzene rings is 1. The number of hydrogen-bond donors (Lipinski definition) is 0. The first-order chi connectivity index (χ1) is 9.74. The van der Waals surface area contributed by atoms with Gasteiger partial charge in [0.25, 0.3) is 0 Å². The second-order valence-electron chi connectivity index (χ2n) is 5.12. The SMILES string of the molecule is Cc1nnc(CN2CCS[C@@H](C)[C@H]2c2ccccc2)s1. The van der Waals surface area contributed by atoms with E-state index in [-0.39, 0.29) is 0 Å². The van der Waals surface area contributed by atoms with Crippen LogP contribution < -0.4 is 0 Å². The number of aromatic nitrogens is 2. The van der Waals surface area contributed by atoms with Crippen molar-refractivity contribution >= 4 is 23.1 Å². The maximum absolute atomic E-state index is 4.28. The van der Waals surface area contributed by atoms with Crippen LogP contribution in [0.3, 0.4) is 0 Å². The largest absolute Gasteiger partial charge is 0.288 e. The molecule has 0 saturated carbocycles. The highest BCUT2D eigenvalue weighted by atomic mass is 32.2. The van der Waals surface area contributed by atoms with Gasteiger partial charge in [0.15, 0.2) is 0 Å². The minimum Gasteiger partial charge on any atom is -0.288 e. The fraction of sp³-hybridized carbons (Fsp3) is 0.467. The molecule has 2 heterocycles. The molecule has 0 amide bonds. The maximum Gasteiger partial charge on any atom is 0.131 e. The zero-order chi connectivity index (χ0) is 13.9. The summed E-state index contributed by atoms with van der Waals surface area (Å²) in [4.78, 5) is 2.55. The number of aryl methyl sites for hydroxylation is 1. The van der Waals surface area contributed by atoms with Crippen LogP contribution in [0.15, 0.2) is 30.3 Å². The van der Waals surface area contributed by atoms with Gasteiger partial charge < -0.3 is 0 Å². The summed E-state index contributed by atoms with van der Waals surface area (Å²) in [6.45, 7) is 6.38. The highest BCUT2D eigenvalue weighted by Gasteiger charge is 2.30. The van der Waals surface area contributed by atoms with E-state index in [9.17, 15) is 0 Å². The third-order valence-electron chi connectivity index (χ3n) is 3.64. The summed E-state index contributed by atoms with van der Waals surface area (Å²) in [5, 5.41) is 11.2. The Bertz CT molecular complexity index is 555. The molecule has 1 aromatic carbocycles. The number of thioether (sulfide) groups is 1. The smallest absolute Gasteiger partial charge is 0.131 e. The lowest BCUT2D eigenvalue weighted by molar-refractivity contribution is 0.191. The van der Waals surface area contributed by atoms with Crippen molar-refractivity contribution in [3.8, 4) is 0 Å². The third-order valence-corrected chi connectivity index (χ3v) is 5.67. The van der Waals surface area contributed by atoms with E-state index in [0.29, 0.717) is 11.3 Å². The lowest BCUT2D eigenvalue weighted by Gasteiger charge is -2.39. The van der Waals surface area contributed by atoms with E-state index >= 15 is 0 Å². The van der Waals surface area contributed by atoms with Crippen LogP contribution in [0.25, 0.3) is 0 Å². The van der Waals surface area contributed by atoms with E-state index in [2.05, 4.69) is 64.1 Å². The highest BCUT2D eigenvalue weighted by molar-refractivity contribution is 8.00. The van der Waals surface area contributed by atoms with Crippen molar-refractivity contribution in [3.63, 3.8) is 0 Å². The van der Waals surface area contributed by atoms with Crippen molar-refractivity contribution in [2.24, 2.45) is 0 Å². The van der Waals surface area contributed by atoms with Gasteiger partial charge in [0.1, 0.15) is 10.0 Å². The molecule has 1 saturated heterocycles. The van der Waals surface area contributed by atoms with Crippen LogP contribution >= 0.6 is 23.1 Å². The molecule has 1 aliphatic heterocycles. The second-order valence-corrected chi connectivity index (χ2v) is 7.87. The third kappa shape index (κ3) is 3.05. The van der Waals surface area contributed by atoms with Gasteiger partial charge in [-0.2, -0.15) is 11.8 Å². The summed E-state index contributed by atoms with van der Waals surface area (Å²) < 4.78 is 0. The summed E-state index contributed by atoms with van der Waals surface area (Å²) in [5.41, 5.74) is 1.41. The molecule has 20 heavy (non-hydrogen) atoms. The van der Waals surface area contributed by atoms with Crippen molar-refractivity contribution in [3.05, 3.63) is 45.9 Å². The van der Waals surface area contributed by atoms with Crippen molar-refractivity contribution < 1.29 is 0 Å². The molecule has 2 aromatic rings. The molecule has 1 fully saturated rings. The first-order valence-electron chi connectivity index (χ1n) is 6.93. The Labute approximate surface area is 128 Å². The molecule has 0 bridgehead atoms. The molecule has 0 unspecified atom stereocenters. The molecule has 0 spiro atoms. The summed E-state index contributed by atoms with van der Waals surface area (Å²) in [6.07, 6.45) is 0. The van der Waals surface area contributed by atoms with Crippen LogP contribution in [0.1, 0.15) is 28.5 Å². The average molecular weight is 305 g/mol. The number of nitrogens with zero attached hydrogens (tertiary/aromatic N) is 3. The van der Waals surface area contributed by atoms with Gasteiger partial charge in [0, 0.05) is 23.6 Å². The minimum atomic E-state index is 0.471. The van der Waals surface area contributed by atoms with Crippen LogP contribution in [0.5, 0.6) is 0 Å². The first-order valence-corrected chi connectivity index (χ1v) is 8.80. The highest BCUT2D eigenvalue weighted by Crippen LogP contribution is 2.36. The molecule has 106 valence electrons. The van der Waals surface area contributed by atoms with Crippen molar-refractivity contribution in [1.29, 1.82) is 0 Å². The van der Waals surface area contributed by atoms with E-state index in [1.165, 1.54) is 11.3 Å². The van der Waals surface area contributed by atoms with Crippen LogP contribution in [-0.4, -0.2) is 32.6 Å². The van der Waals surface area contributed by atoms with Crippen molar-refractivity contribution in [1.82, 2.24) is 15.1 Å². The Kier molecular flexibility index (Phi) is 4.38. The quantitative estimate of drug-likeness (QED) is 0.867. The van der Waals surface area contributed by atoms with E-state index < -0.39 is 0 Å². The molecule has 0 aliphatic carbocycles. The minimum absolute atomic E-state index is 0.471. The van der Waals surface area contributed by atoms with Crippen LogP contribution in [0.2, 0.25) is 0 Å². The molecule has 5 heteroatoms. The van der Waals surface area contributed by atoms with Crippen LogP contribution in [0, 0.1) is 6.92 Å². The predicted octanol–water partition coefficient (Wildman–Crippen LogP) is 3.53. The maximum atomic E-state index is 4.28. The Hall–Kier alpha value is -0.910. The van der Waals surface area contributed by atoms with Crippen molar-refractivity contribution in [2.45, 2.75) is 31.7 Å². The standard InChI is InChI=1S/C15H19N3S2/c1-11-15(13-6-4-3-5-7-13)18(8-9-19-11)10-14-17-16-12(2)20-14/h3-7,11,15H,8-10H2,1-2H3/t11-,15-/m0/s1. The van der Waals surface area contributed by atoms with E-state index in [4.69, 9.17) is 0 Å². The van der Waals surface area contributed by atoms with Gasteiger partial charge in [0.2, 0.25) is 0 Å². The molecular formula is C15H19N3S2. The summed E-state index contributed by atoms with van der Waals surface area (Å²) in [7, 11) is 0. The summed E-state index contributed by atoms with van der Waals surface area (Å²) >= 11 is 3.78. The molecule has 0 radical (unpaired) electrons. The Morgan fingerprint density at radius 3 is 2.75 bits per heavy atom. The summed E-state index contributed by atoms with van der Waals surface area (Å²) in [5.74, 6) is 1.20. The van der Waals surface area contributed by atoms with E-state index in [0.717, 1.165) is 23.1 Å². The topological polar surface area (TPSA) is 29.0 Å². The zero-order valence-electron chi connectivity index (χ0n) is 11.8. The summed E-state index contributed by atoms with van der Waals surface area (Å²) in [6, 6.07) is 11.3. The molecule has 1 aromatic heterocycles. The van der Waals surface area contributed by atoms with Gasteiger partial charge in [-0.1, -0.05) is 37.3 Å². The van der Waals surface area contributed by atoms with Crippen molar-refractivity contribution in [2.75, 3.05) is 12.3 Å². The molecular weight excluding hydrogens is 286 g/mol. The molecule has 2 atom stereocenters. The number of rotatable bonds is 3. The second kappa shape index (κ2) is 6.24. The molecule has 0 N–H and O–H groups in total. The van der Waals surface area contributed by atoms with E-state index in [1.807, 2.05) is 6.92 Å². The first kappa shape index (κ1) is 14.0. The predicted molar refractivity (Wildman–Crippen MR) is 86.2 cm³/mol. The monoisotopic (exact) mass is 305 g/mol. The molecule has 1 aliphatic rings. The molecule has 3 nitrogen and oxygen atoms in total. The lowest BCUT2D eigenvalue weighted by atomic mass is 10.0. The zero-order valence-corrected chi connectivity index (χ0v) is 13.5. The Balaban J connectivity index is 1.83. The van der Waals surface area contributed by atoms with Crippen LogP contribution in [0.4, 0.5) is 0 Å². The fourth-order valence-electron chi connectivity index (χ4n) is 2.77. The van der Waals surface area contributed by atoms with Gasteiger partial charge in [-0.25, -0.2) is 0 Å². The van der Waals surface area contributed by atoms with E-state index in [1.54, 1.807) is 11.3 Å². The van der Waals surface area contributed by atoms with Gasteiger partial charge >= 0.3 is 0 Å². The van der Waals surface area contributed by atoms with Gasteiger partial charge in [-0.15, -0.1) is 21.5 Å². The van der Waals surface area contributed by atoms with Gasteiger partial charge in [0.05, 0.1) is 6.54 Å². The van der Waals surface area contributed by atoms with Gasteiger partial charge in [-0.3, -0.25) is 4.90 Å². The Morgan fingerprint density at radius 2 is 2.05 bits per heavy atom. The average Bonchev–Trinajstić information content (AvgIpc) is 2.85. The normalized spacial score (nSPS) is 23.9. The fourth-order valence-corrected chi connectivity index (χ4v) is 4.73. The number of hydrogen-bond acceptors (Lipinski definition) is 5. The van der Waals surface area contributed by atoms with Gasteiger partial charge in [-0.05, 0) is 12.5 Å².